The average Bonchev–Trinajstić information content (AvgIpc) is 3.59. The Balaban J connectivity index is 1.26. The predicted molar refractivity (Wildman–Crippen MR) is 240 cm³/mol. The summed E-state index contributed by atoms with van der Waals surface area (Å²) >= 11 is 0. The van der Waals surface area contributed by atoms with Crippen molar-refractivity contribution in [3.05, 3.63) is 170 Å². The lowest BCUT2D eigenvalue weighted by atomic mass is 9.85. The fourth-order valence-electron chi connectivity index (χ4n) is 10.4. The Morgan fingerprint density at radius 2 is 0.704 bits per heavy atom. The summed E-state index contributed by atoms with van der Waals surface area (Å²) < 4.78 is 0. The molecule has 9 aromatic rings. The molecule has 11 rings (SSSR count). The Morgan fingerprint density at radius 3 is 1.24 bits per heavy atom. The number of hydrogen-bond acceptors (Lipinski definition) is 0. The number of rotatable bonds is 3. The van der Waals surface area contributed by atoms with E-state index in [0.717, 1.165) is 0 Å². The highest BCUT2D eigenvalue weighted by Crippen LogP contribution is 2.45. The molecular formula is C52H40Si2. The van der Waals surface area contributed by atoms with E-state index in [-0.39, 0.29) is 0 Å². The average molecular weight is 721 g/mol. The van der Waals surface area contributed by atoms with Gasteiger partial charge in [-0.15, -0.1) is 0 Å². The topological polar surface area (TPSA) is 0 Å². The minimum atomic E-state index is -1.98. The summed E-state index contributed by atoms with van der Waals surface area (Å²) in [7, 11) is -3.95. The van der Waals surface area contributed by atoms with Gasteiger partial charge in [0.2, 0.25) is 0 Å². The molecule has 0 unspecified atom stereocenters. The Morgan fingerprint density at radius 1 is 0.296 bits per heavy atom. The van der Waals surface area contributed by atoms with Gasteiger partial charge in [-0.05, 0) is 121 Å². The van der Waals surface area contributed by atoms with E-state index < -0.39 is 16.1 Å². The highest BCUT2D eigenvalue weighted by molar-refractivity contribution is 7.05. The van der Waals surface area contributed by atoms with E-state index in [4.69, 9.17) is 0 Å². The van der Waals surface area contributed by atoms with Crippen molar-refractivity contribution in [2.75, 3.05) is 0 Å². The first-order chi connectivity index (χ1) is 26.3. The van der Waals surface area contributed by atoms with Crippen LogP contribution in [0.5, 0.6) is 0 Å². The molecule has 0 nitrogen and oxygen atoms in total. The van der Waals surface area contributed by atoms with E-state index in [9.17, 15) is 0 Å². The van der Waals surface area contributed by atoms with Gasteiger partial charge in [0.25, 0.3) is 0 Å². The van der Waals surface area contributed by atoms with Crippen LogP contribution in [0.3, 0.4) is 0 Å². The van der Waals surface area contributed by atoms with Crippen molar-refractivity contribution in [2.45, 2.75) is 26.2 Å². The third-order valence-corrected chi connectivity index (χ3v) is 20.0. The molecule has 0 amide bonds. The van der Waals surface area contributed by atoms with Gasteiger partial charge in [-0.25, -0.2) is 0 Å². The molecule has 0 fully saturated rings. The molecule has 0 atom stereocenters. The summed E-state index contributed by atoms with van der Waals surface area (Å²) in [5.41, 5.74) is 13.7. The van der Waals surface area contributed by atoms with Crippen LogP contribution in [-0.2, 0) is 0 Å². The lowest BCUT2D eigenvalue weighted by Gasteiger charge is -2.25. The Labute approximate surface area is 319 Å². The van der Waals surface area contributed by atoms with Gasteiger partial charge in [0.15, 0.2) is 0 Å². The molecule has 0 spiro atoms. The first-order valence-electron chi connectivity index (χ1n) is 19.3. The van der Waals surface area contributed by atoms with Crippen molar-refractivity contribution >= 4 is 69.2 Å². The Kier molecular flexibility index (Phi) is 6.66. The molecule has 54 heavy (non-hydrogen) atoms. The smallest absolute Gasteiger partial charge is 0.0623 e. The molecule has 2 heterocycles. The van der Waals surface area contributed by atoms with E-state index >= 15 is 0 Å². The van der Waals surface area contributed by atoms with Crippen LogP contribution in [0.15, 0.2) is 170 Å². The van der Waals surface area contributed by atoms with Crippen molar-refractivity contribution < 1.29 is 0 Å². The molecular weight excluding hydrogens is 681 g/mol. The van der Waals surface area contributed by atoms with Crippen LogP contribution < -0.4 is 20.7 Å². The first kappa shape index (κ1) is 31.7. The van der Waals surface area contributed by atoms with E-state index in [2.05, 4.69) is 196 Å². The zero-order valence-electron chi connectivity index (χ0n) is 31.2. The third kappa shape index (κ3) is 4.30. The summed E-state index contributed by atoms with van der Waals surface area (Å²) in [5.74, 6) is 0. The van der Waals surface area contributed by atoms with Gasteiger partial charge in [0, 0.05) is 0 Å². The summed E-state index contributed by atoms with van der Waals surface area (Å²) in [6.07, 6.45) is 0. The predicted octanol–water partition coefficient (Wildman–Crippen LogP) is 11.8. The van der Waals surface area contributed by atoms with Crippen molar-refractivity contribution in [1.29, 1.82) is 0 Å². The van der Waals surface area contributed by atoms with Gasteiger partial charge in [-0.2, -0.15) is 0 Å². The monoisotopic (exact) mass is 720 g/mol. The van der Waals surface area contributed by atoms with Gasteiger partial charge in [-0.3, -0.25) is 0 Å². The molecule has 2 heteroatoms. The molecule has 0 aliphatic carbocycles. The second kappa shape index (κ2) is 11.4. The van der Waals surface area contributed by atoms with Crippen LogP contribution in [0.1, 0.15) is 0 Å². The normalized spacial score (nSPS) is 14.6. The van der Waals surface area contributed by atoms with Gasteiger partial charge in [-0.1, -0.05) is 184 Å². The molecule has 256 valence electrons. The summed E-state index contributed by atoms with van der Waals surface area (Å²) in [5, 5.41) is 14.0. The van der Waals surface area contributed by atoms with Crippen LogP contribution in [0.4, 0.5) is 0 Å². The van der Waals surface area contributed by atoms with Crippen molar-refractivity contribution in [3.8, 4) is 55.6 Å². The van der Waals surface area contributed by atoms with Crippen LogP contribution in [0, 0.1) is 0 Å². The maximum Gasteiger partial charge on any atom is 0.114 e. The molecule has 0 radical (unpaired) electrons. The molecule has 9 aromatic carbocycles. The van der Waals surface area contributed by atoms with E-state index in [1.807, 2.05) is 0 Å². The zero-order chi connectivity index (χ0) is 36.3. The fraction of sp³-hybridized carbons (Fsp3) is 0.0769. The van der Waals surface area contributed by atoms with Crippen LogP contribution in [0.25, 0.3) is 88.0 Å². The first-order valence-corrected chi connectivity index (χ1v) is 25.3. The lowest BCUT2D eigenvalue weighted by molar-refractivity contribution is 1.65. The van der Waals surface area contributed by atoms with Crippen molar-refractivity contribution in [3.63, 3.8) is 0 Å². The van der Waals surface area contributed by atoms with Gasteiger partial charge < -0.3 is 0 Å². The fourth-order valence-corrected chi connectivity index (χ4v) is 17.3. The lowest BCUT2D eigenvalue weighted by Crippen LogP contribution is -2.50. The highest BCUT2D eigenvalue weighted by Gasteiger charge is 2.40. The summed E-state index contributed by atoms with van der Waals surface area (Å²) in [4.78, 5) is 0. The standard InChI is InChI=1S/C52H40Si2/c1-53(2)48-27-9-7-17-38(48)44-25-13-23-42(51(44)53)36-19-11-21-40-46(36)32-47-37(43-24-14-26-45-39-18-8-10-28-49(39)54(3,4)52(43)45)20-12-22-41(47)50(40)35-30-29-33-15-5-6-16-34(33)31-35/h5-32H,1-4H3. The molecule has 0 N–H and O–H groups in total. The van der Waals surface area contributed by atoms with Crippen LogP contribution >= 0.6 is 0 Å². The van der Waals surface area contributed by atoms with E-state index in [1.54, 1.807) is 20.7 Å². The molecule has 0 aromatic heterocycles. The zero-order valence-corrected chi connectivity index (χ0v) is 33.2. The maximum atomic E-state index is 2.55. The number of benzene rings is 9. The molecule has 2 aliphatic heterocycles. The number of fused-ring (bicyclic) bond motifs is 9. The second-order valence-electron chi connectivity index (χ2n) is 16.4. The Bertz CT molecular complexity index is 2890. The van der Waals surface area contributed by atoms with Gasteiger partial charge in [0.05, 0.1) is 0 Å². The third-order valence-electron chi connectivity index (χ3n) is 12.8. The molecule has 0 bridgehead atoms. The van der Waals surface area contributed by atoms with Gasteiger partial charge in [0.1, 0.15) is 16.1 Å². The SMILES string of the molecule is C[Si]1(C)c2ccccc2-c2cccc(-c3cccc4c(-c5ccc6ccccc6c5)c5cccc(-c6cccc7c6[Si](C)(C)c6ccccc6-7)c5cc34)c21. The summed E-state index contributed by atoms with van der Waals surface area (Å²) in [6, 6.07) is 64.8. The van der Waals surface area contributed by atoms with E-state index in [1.165, 1.54) is 88.0 Å². The molecule has 0 saturated carbocycles. The van der Waals surface area contributed by atoms with Gasteiger partial charge >= 0.3 is 0 Å². The maximum absolute atomic E-state index is 2.55. The minimum Gasteiger partial charge on any atom is -0.0623 e. The quantitative estimate of drug-likeness (QED) is 0.126. The second-order valence-corrected chi connectivity index (χ2v) is 25.0. The van der Waals surface area contributed by atoms with Crippen LogP contribution in [0.2, 0.25) is 26.2 Å². The molecule has 2 aliphatic rings. The summed E-state index contributed by atoms with van der Waals surface area (Å²) in [6.45, 7) is 10.2. The van der Waals surface area contributed by atoms with E-state index in [0.29, 0.717) is 0 Å². The van der Waals surface area contributed by atoms with Crippen molar-refractivity contribution in [1.82, 2.24) is 0 Å². The largest absolute Gasteiger partial charge is 0.114 e. The van der Waals surface area contributed by atoms with Crippen LogP contribution in [-0.4, -0.2) is 16.1 Å². The molecule has 0 saturated heterocycles. The number of hydrogen-bond donors (Lipinski definition) is 0. The van der Waals surface area contributed by atoms with Crippen molar-refractivity contribution in [2.24, 2.45) is 0 Å². The Hall–Kier alpha value is -5.81. The minimum absolute atomic E-state index is 1.26. The highest BCUT2D eigenvalue weighted by atomic mass is 28.3.